The van der Waals surface area contributed by atoms with Crippen LogP contribution in [0.4, 0.5) is 0 Å². The van der Waals surface area contributed by atoms with E-state index in [9.17, 15) is 0 Å². The van der Waals surface area contributed by atoms with E-state index < -0.39 is 34.3 Å². The molecule has 0 amide bonds. The lowest BCUT2D eigenvalue weighted by Crippen LogP contribution is -2.53. The number of halogens is 3. The molecule has 0 bridgehead atoms. The fourth-order valence-electron chi connectivity index (χ4n) is 4.09. The van der Waals surface area contributed by atoms with Crippen LogP contribution in [-0.2, 0) is 43.5 Å². The zero-order valence-electron chi connectivity index (χ0n) is 20.7. The minimum atomic E-state index is -2.01. The summed E-state index contributed by atoms with van der Waals surface area (Å²) in [6, 6.07) is 29.6. The van der Waals surface area contributed by atoms with Crippen LogP contribution in [0.5, 0.6) is 0 Å². The molecule has 0 spiro atoms. The SMILES string of the molecule is N=C(O[C@H]1C[C@@H](OCc2ccccc2)[C@H](OCc2ccccc2)[C@@H](COCc2ccccc2)O1)C(Cl)(Cl)Cl. The molecule has 3 aromatic carbocycles. The third-order valence-electron chi connectivity index (χ3n) is 5.98. The molecule has 9 heteroatoms. The Balaban J connectivity index is 1.51. The van der Waals surface area contributed by atoms with Crippen LogP contribution in [0.3, 0.4) is 0 Å². The number of nitrogens with one attached hydrogen (secondary N) is 1. The highest BCUT2D eigenvalue weighted by molar-refractivity contribution is 6.76. The Hall–Kier alpha value is -2.16. The Labute approximate surface area is 238 Å². The van der Waals surface area contributed by atoms with Gasteiger partial charge >= 0.3 is 0 Å². The highest BCUT2D eigenvalue weighted by atomic mass is 35.6. The smallest absolute Gasteiger partial charge is 0.265 e. The van der Waals surface area contributed by atoms with Crippen molar-refractivity contribution >= 4 is 40.7 Å². The van der Waals surface area contributed by atoms with Crippen LogP contribution in [-0.4, -0.2) is 40.9 Å². The number of ether oxygens (including phenoxy) is 5. The second-order valence-corrected chi connectivity index (χ2v) is 11.2. The predicted molar refractivity (Wildman–Crippen MR) is 149 cm³/mol. The van der Waals surface area contributed by atoms with Crippen molar-refractivity contribution in [2.24, 2.45) is 0 Å². The van der Waals surface area contributed by atoms with Crippen molar-refractivity contribution in [3.8, 4) is 0 Å². The highest BCUT2D eigenvalue weighted by Crippen LogP contribution is 2.32. The largest absolute Gasteiger partial charge is 0.448 e. The summed E-state index contributed by atoms with van der Waals surface area (Å²) in [6.07, 6.45) is -2.10. The number of alkyl halides is 3. The summed E-state index contributed by atoms with van der Waals surface area (Å²) in [5, 5.41) is 8.04. The van der Waals surface area contributed by atoms with Gasteiger partial charge in [-0.05, 0) is 16.7 Å². The zero-order valence-corrected chi connectivity index (χ0v) is 22.9. The fraction of sp³-hybridized carbons (Fsp3) is 0.345. The van der Waals surface area contributed by atoms with Crippen molar-refractivity contribution in [2.75, 3.05) is 6.61 Å². The van der Waals surface area contributed by atoms with Crippen molar-refractivity contribution < 1.29 is 23.7 Å². The van der Waals surface area contributed by atoms with Gasteiger partial charge in [0.25, 0.3) is 3.79 Å². The summed E-state index contributed by atoms with van der Waals surface area (Å²) in [7, 11) is 0. The maximum Gasteiger partial charge on any atom is 0.265 e. The van der Waals surface area contributed by atoms with Crippen molar-refractivity contribution in [2.45, 2.75) is 54.6 Å². The summed E-state index contributed by atoms with van der Waals surface area (Å²) in [5.74, 6) is -0.526. The average molecular weight is 579 g/mol. The third-order valence-corrected chi connectivity index (χ3v) is 6.49. The molecule has 1 heterocycles. The fourth-order valence-corrected chi connectivity index (χ4v) is 4.22. The minimum Gasteiger partial charge on any atom is -0.448 e. The van der Waals surface area contributed by atoms with Crippen molar-refractivity contribution in [1.29, 1.82) is 5.41 Å². The lowest BCUT2D eigenvalue weighted by Gasteiger charge is -2.41. The summed E-state index contributed by atoms with van der Waals surface area (Å²) in [6.45, 7) is 1.34. The molecule has 1 saturated heterocycles. The number of hydrogen-bond donors (Lipinski definition) is 1. The molecular formula is C29H30Cl3NO5. The van der Waals surface area contributed by atoms with Crippen LogP contribution in [0.15, 0.2) is 91.0 Å². The first kappa shape index (κ1) is 28.8. The van der Waals surface area contributed by atoms with Crippen molar-refractivity contribution in [3.05, 3.63) is 108 Å². The van der Waals surface area contributed by atoms with E-state index in [1.807, 2.05) is 91.0 Å². The van der Waals surface area contributed by atoms with Gasteiger partial charge in [0.05, 0.1) is 32.5 Å². The second kappa shape index (κ2) is 14.3. The Kier molecular flexibility index (Phi) is 10.8. The van der Waals surface area contributed by atoms with Gasteiger partial charge in [-0.25, -0.2) is 0 Å². The van der Waals surface area contributed by atoms with Crippen LogP contribution in [0, 0.1) is 5.41 Å². The molecule has 6 nitrogen and oxygen atoms in total. The van der Waals surface area contributed by atoms with Crippen LogP contribution < -0.4 is 0 Å². The lowest BCUT2D eigenvalue weighted by atomic mass is 10.0. The van der Waals surface area contributed by atoms with E-state index >= 15 is 0 Å². The van der Waals surface area contributed by atoms with E-state index in [-0.39, 0.29) is 13.0 Å². The molecule has 0 aliphatic carbocycles. The molecule has 202 valence electrons. The molecule has 0 radical (unpaired) electrons. The van der Waals surface area contributed by atoms with Gasteiger partial charge in [0.2, 0.25) is 12.2 Å². The Morgan fingerprint density at radius 2 is 1.26 bits per heavy atom. The quantitative estimate of drug-likeness (QED) is 0.153. The molecular weight excluding hydrogens is 549 g/mol. The number of benzene rings is 3. The van der Waals surface area contributed by atoms with Crippen molar-refractivity contribution in [1.82, 2.24) is 0 Å². The van der Waals surface area contributed by atoms with Gasteiger partial charge in [-0.3, -0.25) is 5.41 Å². The van der Waals surface area contributed by atoms with Gasteiger partial charge in [-0.15, -0.1) is 0 Å². The molecule has 1 aliphatic rings. The first-order valence-electron chi connectivity index (χ1n) is 12.3. The molecule has 4 rings (SSSR count). The highest BCUT2D eigenvalue weighted by Gasteiger charge is 2.43. The normalized spacial score (nSPS) is 21.7. The van der Waals surface area contributed by atoms with E-state index in [0.29, 0.717) is 19.8 Å². The van der Waals surface area contributed by atoms with Crippen LogP contribution in [0.1, 0.15) is 23.1 Å². The van der Waals surface area contributed by atoms with Crippen LogP contribution >= 0.6 is 34.8 Å². The Morgan fingerprint density at radius 3 is 1.79 bits per heavy atom. The monoisotopic (exact) mass is 577 g/mol. The van der Waals surface area contributed by atoms with Crippen LogP contribution in [0.2, 0.25) is 0 Å². The number of hydrogen-bond acceptors (Lipinski definition) is 6. The molecule has 0 unspecified atom stereocenters. The number of rotatable bonds is 11. The van der Waals surface area contributed by atoms with Gasteiger partial charge in [0, 0.05) is 6.42 Å². The van der Waals surface area contributed by atoms with E-state index in [0.717, 1.165) is 16.7 Å². The molecule has 3 aromatic rings. The van der Waals surface area contributed by atoms with Gasteiger partial charge in [0.15, 0.2) is 0 Å². The first-order valence-corrected chi connectivity index (χ1v) is 13.4. The maximum atomic E-state index is 8.04. The molecule has 1 fully saturated rings. The summed E-state index contributed by atoms with van der Waals surface area (Å²) >= 11 is 17.6. The van der Waals surface area contributed by atoms with Gasteiger partial charge in [-0.2, -0.15) is 0 Å². The predicted octanol–water partition coefficient (Wildman–Crippen LogP) is 6.85. The first-order chi connectivity index (χ1) is 18.4. The summed E-state index contributed by atoms with van der Waals surface area (Å²) in [4.78, 5) is 0. The Bertz CT molecular complexity index is 1120. The standard InChI is InChI=1S/C29H30Cl3NO5/c30-29(31,32)28(33)38-26-16-24(35-18-22-12-6-2-7-13-22)27(36-19-23-14-8-3-9-15-23)25(37-26)20-34-17-21-10-4-1-5-11-21/h1-15,24-27,33H,16-20H2/t24-,25-,26+,27+/m1/s1. The topological polar surface area (TPSA) is 70.0 Å². The van der Waals surface area contributed by atoms with Crippen molar-refractivity contribution in [3.63, 3.8) is 0 Å². The summed E-state index contributed by atoms with van der Waals surface area (Å²) in [5.41, 5.74) is 3.08. The maximum absolute atomic E-state index is 8.04. The average Bonchev–Trinajstić information content (AvgIpc) is 2.92. The zero-order chi connectivity index (χ0) is 26.8. The Morgan fingerprint density at radius 1 is 0.763 bits per heavy atom. The van der Waals surface area contributed by atoms with Gasteiger partial charge in [-0.1, -0.05) is 126 Å². The molecule has 0 aromatic heterocycles. The van der Waals surface area contributed by atoms with E-state index in [2.05, 4.69) is 0 Å². The molecule has 0 saturated carbocycles. The lowest BCUT2D eigenvalue weighted by molar-refractivity contribution is -0.261. The molecule has 38 heavy (non-hydrogen) atoms. The molecule has 1 N–H and O–H groups in total. The second-order valence-electron chi connectivity index (χ2n) is 8.88. The molecule has 1 aliphatic heterocycles. The summed E-state index contributed by atoms with van der Waals surface area (Å²) < 4.78 is 28.6. The van der Waals surface area contributed by atoms with E-state index in [1.54, 1.807) is 0 Å². The van der Waals surface area contributed by atoms with Crippen LogP contribution in [0.25, 0.3) is 0 Å². The molecule has 4 atom stereocenters. The van der Waals surface area contributed by atoms with E-state index in [1.165, 1.54) is 0 Å². The van der Waals surface area contributed by atoms with E-state index in [4.69, 9.17) is 63.9 Å². The van der Waals surface area contributed by atoms with Gasteiger partial charge in [0.1, 0.15) is 12.2 Å². The van der Waals surface area contributed by atoms with Gasteiger partial charge < -0.3 is 23.7 Å². The third kappa shape index (κ3) is 8.95. The minimum absolute atomic E-state index is 0.209.